The maximum atomic E-state index is 12.8. The molecule has 2 rings (SSSR count). The lowest BCUT2D eigenvalue weighted by Crippen LogP contribution is -2.25. The number of nitrogens with zero attached hydrogens (tertiary/aromatic N) is 2. The molecule has 0 unspecified atom stereocenters. The van der Waals surface area contributed by atoms with Crippen molar-refractivity contribution in [2.75, 3.05) is 6.79 Å². The zero-order valence-electron chi connectivity index (χ0n) is 17.7. The van der Waals surface area contributed by atoms with Crippen LogP contribution in [0.3, 0.4) is 0 Å². The van der Waals surface area contributed by atoms with Crippen LogP contribution < -0.4 is 0 Å². The summed E-state index contributed by atoms with van der Waals surface area (Å²) in [6.45, 7) is 7.15. The molecule has 10 nitrogen and oxygen atoms in total. The van der Waals surface area contributed by atoms with Gasteiger partial charge in [-0.1, -0.05) is 12.1 Å². The fraction of sp³-hybridized carbons (Fsp3) is 0.333. The summed E-state index contributed by atoms with van der Waals surface area (Å²) in [5, 5.41) is 20.9. The van der Waals surface area contributed by atoms with Gasteiger partial charge in [0.25, 0.3) is 5.69 Å². The van der Waals surface area contributed by atoms with Crippen molar-refractivity contribution in [2.24, 2.45) is 5.41 Å². The molecule has 0 fully saturated rings. The average molecular weight is 430 g/mol. The van der Waals surface area contributed by atoms with Crippen LogP contribution in [-0.2, 0) is 14.3 Å². The van der Waals surface area contributed by atoms with Crippen LogP contribution in [0.5, 0.6) is 0 Å². The van der Waals surface area contributed by atoms with E-state index in [0.717, 1.165) is 6.07 Å². The zero-order chi connectivity index (χ0) is 23.5. The highest BCUT2D eigenvalue weighted by atomic mass is 16.7. The summed E-state index contributed by atoms with van der Waals surface area (Å²) in [6.07, 6.45) is 0. The van der Waals surface area contributed by atoms with E-state index in [1.165, 1.54) is 32.0 Å². The number of non-ortho nitro benzene ring substituents is 1. The molecule has 31 heavy (non-hydrogen) atoms. The Balaban J connectivity index is 2.57. The first-order chi connectivity index (χ1) is 14.3. The van der Waals surface area contributed by atoms with Crippen LogP contribution >= 0.6 is 0 Å². The lowest BCUT2D eigenvalue weighted by Gasteiger charge is -2.18. The van der Waals surface area contributed by atoms with Crippen molar-refractivity contribution < 1.29 is 33.9 Å². The Morgan fingerprint density at radius 1 is 1.10 bits per heavy atom. The van der Waals surface area contributed by atoms with Gasteiger partial charge in [0.15, 0.2) is 0 Å². The molecule has 0 amide bonds. The number of pyridine rings is 1. The molecule has 0 radical (unpaired) electrons. The molecule has 0 bridgehead atoms. The fourth-order valence-electron chi connectivity index (χ4n) is 2.85. The molecule has 1 aromatic heterocycles. The molecular formula is C21H22N2O8. The van der Waals surface area contributed by atoms with Gasteiger partial charge in [-0.05, 0) is 40.2 Å². The number of carbonyl (C=O) groups is 3. The number of aryl methyl sites for hydroxylation is 2. The predicted octanol–water partition coefficient (Wildman–Crippen LogP) is 3.68. The van der Waals surface area contributed by atoms with Crippen LogP contribution in [0.2, 0.25) is 0 Å². The minimum Gasteiger partial charge on any atom is -0.478 e. The number of carboxylic acid groups (broad SMARTS) is 1. The van der Waals surface area contributed by atoms with Crippen LogP contribution in [0.15, 0.2) is 24.3 Å². The number of ether oxygens (including phenoxy) is 2. The van der Waals surface area contributed by atoms with Gasteiger partial charge in [0.2, 0.25) is 6.79 Å². The van der Waals surface area contributed by atoms with Crippen molar-refractivity contribution in [1.29, 1.82) is 0 Å². The van der Waals surface area contributed by atoms with Gasteiger partial charge in [-0.2, -0.15) is 0 Å². The summed E-state index contributed by atoms with van der Waals surface area (Å²) in [5.41, 5.74) is -1.19. The highest BCUT2D eigenvalue weighted by Crippen LogP contribution is 2.33. The van der Waals surface area contributed by atoms with Crippen molar-refractivity contribution in [3.63, 3.8) is 0 Å². The third-order valence-electron chi connectivity index (χ3n) is 4.32. The largest absolute Gasteiger partial charge is 0.478 e. The third kappa shape index (κ3) is 5.21. The Kier molecular flexibility index (Phi) is 6.74. The third-order valence-corrected chi connectivity index (χ3v) is 4.32. The highest BCUT2D eigenvalue weighted by Gasteiger charge is 2.28. The van der Waals surface area contributed by atoms with E-state index in [0.29, 0.717) is 0 Å². The van der Waals surface area contributed by atoms with E-state index in [9.17, 15) is 29.6 Å². The number of rotatable bonds is 6. The smallest absolute Gasteiger partial charge is 0.343 e. The van der Waals surface area contributed by atoms with Crippen LogP contribution in [0.25, 0.3) is 11.1 Å². The molecule has 2 aromatic rings. The number of hydrogen-bond acceptors (Lipinski definition) is 8. The maximum absolute atomic E-state index is 12.8. The van der Waals surface area contributed by atoms with Gasteiger partial charge < -0.3 is 14.6 Å². The van der Waals surface area contributed by atoms with E-state index in [-0.39, 0.29) is 39.3 Å². The lowest BCUT2D eigenvalue weighted by molar-refractivity contribution is -0.384. The number of benzene rings is 1. The first kappa shape index (κ1) is 23.5. The second kappa shape index (κ2) is 8.90. The molecule has 0 aliphatic carbocycles. The summed E-state index contributed by atoms with van der Waals surface area (Å²) in [5.74, 6) is -2.93. The predicted molar refractivity (Wildman–Crippen MR) is 109 cm³/mol. The van der Waals surface area contributed by atoms with Gasteiger partial charge in [0.1, 0.15) is 0 Å². The minimum absolute atomic E-state index is 0.0617. The highest BCUT2D eigenvalue weighted by molar-refractivity contribution is 6.06. The quantitative estimate of drug-likeness (QED) is 0.314. The first-order valence-electron chi connectivity index (χ1n) is 9.18. The standard InChI is InChI=1S/C21H22N2O8/c1-11-15(18(24)25)17(13-7-6-8-14(9-13)23(28)29)16(12(2)22-11)19(26)30-10-31-20(27)21(3,4)5/h6-9H,10H2,1-5H3,(H,24,25). The van der Waals surface area contributed by atoms with Crippen molar-refractivity contribution in [2.45, 2.75) is 34.6 Å². The summed E-state index contributed by atoms with van der Waals surface area (Å²) < 4.78 is 9.97. The number of aromatic nitrogens is 1. The Morgan fingerprint density at radius 3 is 2.26 bits per heavy atom. The van der Waals surface area contributed by atoms with Crippen LogP contribution in [0.1, 0.15) is 52.9 Å². The number of carbonyl (C=O) groups excluding carboxylic acids is 2. The second-order valence-corrected chi connectivity index (χ2v) is 7.75. The van der Waals surface area contributed by atoms with Crippen LogP contribution in [0, 0.1) is 29.4 Å². The van der Waals surface area contributed by atoms with E-state index >= 15 is 0 Å². The summed E-state index contributed by atoms with van der Waals surface area (Å²) in [7, 11) is 0. The Bertz CT molecular complexity index is 1070. The van der Waals surface area contributed by atoms with Gasteiger partial charge >= 0.3 is 17.9 Å². The van der Waals surface area contributed by atoms with Gasteiger partial charge in [0, 0.05) is 17.7 Å². The topological polar surface area (TPSA) is 146 Å². The summed E-state index contributed by atoms with van der Waals surface area (Å²) >= 11 is 0. The summed E-state index contributed by atoms with van der Waals surface area (Å²) in [4.78, 5) is 51.3. The summed E-state index contributed by atoms with van der Waals surface area (Å²) in [6, 6.07) is 5.24. The van der Waals surface area contributed by atoms with Gasteiger partial charge in [-0.3, -0.25) is 19.9 Å². The molecule has 0 aliphatic heterocycles. The maximum Gasteiger partial charge on any atom is 0.343 e. The molecule has 1 N–H and O–H groups in total. The van der Waals surface area contributed by atoms with Gasteiger partial charge in [-0.25, -0.2) is 9.59 Å². The average Bonchev–Trinajstić information content (AvgIpc) is 2.66. The van der Waals surface area contributed by atoms with Gasteiger partial charge in [0.05, 0.1) is 32.9 Å². The van der Waals surface area contributed by atoms with E-state index in [4.69, 9.17) is 9.47 Å². The molecule has 1 aromatic carbocycles. The van der Waals surface area contributed by atoms with E-state index in [1.807, 2.05) is 0 Å². The van der Waals surface area contributed by atoms with Crippen LogP contribution in [0.4, 0.5) is 5.69 Å². The minimum atomic E-state index is -1.36. The number of esters is 2. The molecule has 0 saturated heterocycles. The molecule has 0 spiro atoms. The van der Waals surface area contributed by atoms with E-state index in [1.54, 1.807) is 20.8 Å². The molecule has 0 saturated carbocycles. The molecule has 0 atom stereocenters. The molecule has 164 valence electrons. The molecular weight excluding hydrogens is 408 g/mol. The molecule has 1 heterocycles. The number of carboxylic acids is 1. The Morgan fingerprint density at radius 2 is 1.71 bits per heavy atom. The monoisotopic (exact) mass is 430 g/mol. The van der Waals surface area contributed by atoms with E-state index in [2.05, 4.69) is 4.98 Å². The molecule has 10 heteroatoms. The SMILES string of the molecule is Cc1nc(C)c(C(=O)OCOC(=O)C(C)(C)C)c(-c2cccc([N+](=O)[O-])c2)c1C(=O)O. The van der Waals surface area contributed by atoms with Crippen molar-refractivity contribution >= 4 is 23.6 Å². The van der Waals surface area contributed by atoms with Crippen molar-refractivity contribution in [3.8, 4) is 11.1 Å². The first-order valence-corrected chi connectivity index (χ1v) is 9.18. The van der Waals surface area contributed by atoms with Gasteiger partial charge in [-0.15, -0.1) is 0 Å². The number of aromatic carboxylic acids is 1. The van der Waals surface area contributed by atoms with Crippen molar-refractivity contribution in [1.82, 2.24) is 4.98 Å². The molecule has 0 aliphatic rings. The van der Waals surface area contributed by atoms with Crippen molar-refractivity contribution in [3.05, 3.63) is 56.9 Å². The number of hydrogen-bond donors (Lipinski definition) is 1. The Hall–Kier alpha value is -3.82. The Labute approximate surface area is 178 Å². The number of nitro benzene ring substituents is 1. The second-order valence-electron chi connectivity index (χ2n) is 7.75. The fourth-order valence-corrected chi connectivity index (χ4v) is 2.85. The zero-order valence-corrected chi connectivity index (χ0v) is 17.7. The van der Waals surface area contributed by atoms with Crippen LogP contribution in [-0.4, -0.2) is 39.7 Å². The van der Waals surface area contributed by atoms with E-state index < -0.39 is 35.0 Å². The normalized spacial score (nSPS) is 11.0. The lowest BCUT2D eigenvalue weighted by atomic mass is 9.92. The number of nitro groups is 1.